The number of pyridine rings is 1. The van der Waals surface area contributed by atoms with Gasteiger partial charge in [0.15, 0.2) is 0 Å². The number of aromatic nitrogens is 1. The van der Waals surface area contributed by atoms with E-state index in [0.29, 0.717) is 0 Å². The van der Waals surface area contributed by atoms with E-state index < -0.39 is 0 Å². The lowest BCUT2D eigenvalue weighted by atomic mass is 9.77. The summed E-state index contributed by atoms with van der Waals surface area (Å²) in [5.41, 5.74) is 2.48. The van der Waals surface area contributed by atoms with Gasteiger partial charge in [-0.2, -0.15) is 0 Å². The highest BCUT2D eigenvalue weighted by Crippen LogP contribution is 2.34. The van der Waals surface area contributed by atoms with Crippen LogP contribution in [0.15, 0.2) is 36.0 Å². The maximum absolute atomic E-state index is 9.87. The van der Waals surface area contributed by atoms with Crippen LogP contribution in [0, 0.1) is 5.41 Å². The summed E-state index contributed by atoms with van der Waals surface area (Å²) in [7, 11) is 0. The number of aliphatic hydroxyl groups excluding tert-OH is 1. The monoisotopic (exact) mass is 274 g/mol. The number of aliphatic hydroxyl groups is 1. The third-order valence-corrected chi connectivity index (χ3v) is 4.13. The first-order valence-electron chi connectivity index (χ1n) is 7.50. The molecule has 0 aliphatic carbocycles. The Morgan fingerprint density at radius 3 is 2.95 bits per heavy atom. The minimum Gasteiger partial charge on any atom is -0.396 e. The Hall–Kier alpha value is -1.19. The standard InChI is InChI=1S/C17H26N2O/c1-15(2)7-9-17(14-20)8-5-11-19(13-17)12-16-6-3-4-10-18-16/h3-4,6-7,10,20H,5,8-9,11-14H2,1-2H3. The van der Waals surface area contributed by atoms with Gasteiger partial charge in [0.1, 0.15) is 0 Å². The molecule has 1 aliphatic heterocycles. The summed E-state index contributed by atoms with van der Waals surface area (Å²) in [5, 5.41) is 9.87. The Morgan fingerprint density at radius 2 is 2.30 bits per heavy atom. The average molecular weight is 274 g/mol. The second-order valence-electron chi connectivity index (χ2n) is 6.28. The van der Waals surface area contributed by atoms with Crippen LogP contribution >= 0.6 is 0 Å². The maximum Gasteiger partial charge on any atom is 0.0543 e. The summed E-state index contributed by atoms with van der Waals surface area (Å²) in [4.78, 5) is 6.84. The fourth-order valence-corrected chi connectivity index (χ4v) is 2.95. The van der Waals surface area contributed by atoms with Crippen molar-refractivity contribution in [3.05, 3.63) is 41.7 Å². The molecule has 0 radical (unpaired) electrons. The number of hydrogen-bond donors (Lipinski definition) is 1. The van der Waals surface area contributed by atoms with Crippen LogP contribution in [0.2, 0.25) is 0 Å². The SMILES string of the molecule is CC(C)=CCC1(CO)CCCN(Cc2ccccn2)C1. The third-order valence-electron chi connectivity index (χ3n) is 4.13. The molecule has 110 valence electrons. The molecule has 1 unspecified atom stereocenters. The predicted octanol–water partition coefficient (Wildman–Crippen LogP) is 3.01. The molecule has 1 saturated heterocycles. The lowest BCUT2D eigenvalue weighted by molar-refractivity contribution is 0.0302. The molecule has 1 aromatic rings. The molecule has 0 saturated carbocycles. The molecule has 1 aromatic heterocycles. The largest absolute Gasteiger partial charge is 0.396 e. The van der Waals surface area contributed by atoms with E-state index in [9.17, 15) is 5.11 Å². The Kier molecular flexibility index (Phi) is 5.32. The molecular formula is C17H26N2O. The topological polar surface area (TPSA) is 36.4 Å². The van der Waals surface area contributed by atoms with Crippen molar-refractivity contribution < 1.29 is 5.11 Å². The average Bonchev–Trinajstić information content (AvgIpc) is 2.47. The number of hydrogen-bond acceptors (Lipinski definition) is 3. The second kappa shape index (κ2) is 7.00. The molecular weight excluding hydrogens is 248 g/mol. The summed E-state index contributed by atoms with van der Waals surface area (Å²) in [6.45, 7) is 7.48. The highest BCUT2D eigenvalue weighted by molar-refractivity contribution is 5.05. The van der Waals surface area contributed by atoms with Gasteiger partial charge in [0.05, 0.1) is 12.3 Å². The Labute approximate surface area is 122 Å². The van der Waals surface area contributed by atoms with Gasteiger partial charge in [-0.15, -0.1) is 0 Å². The zero-order valence-electron chi connectivity index (χ0n) is 12.7. The van der Waals surface area contributed by atoms with E-state index in [2.05, 4.69) is 35.9 Å². The molecule has 1 N–H and O–H groups in total. The van der Waals surface area contributed by atoms with Crippen molar-refractivity contribution in [2.75, 3.05) is 19.7 Å². The van der Waals surface area contributed by atoms with Crippen LogP contribution in [0.3, 0.4) is 0 Å². The normalized spacial score (nSPS) is 23.6. The third kappa shape index (κ3) is 4.15. The molecule has 1 atom stereocenters. The van der Waals surface area contributed by atoms with Crippen LogP contribution < -0.4 is 0 Å². The Morgan fingerprint density at radius 1 is 1.45 bits per heavy atom. The van der Waals surface area contributed by atoms with Gasteiger partial charge in [0.2, 0.25) is 0 Å². The number of allylic oxidation sites excluding steroid dienone is 2. The van der Waals surface area contributed by atoms with Crippen molar-refractivity contribution in [1.82, 2.24) is 9.88 Å². The van der Waals surface area contributed by atoms with Gasteiger partial charge in [-0.05, 0) is 51.8 Å². The van der Waals surface area contributed by atoms with Crippen LogP contribution in [-0.2, 0) is 6.54 Å². The number of likely N-dealkylation sites (tertiary alicyclic amines) is 1. The van der Waals surface area contributed by atoms with Crippen molar-refractivity contribution in [3.63, 3.8) is 0 Å². The quantitative estimate of drug-likeness (QED) is 0.839. The smallest absolute Gasteiger partial charge is 0.0543 e. The van der Waals surface area contributed by atoms with Gasteiger partial charge >= 0.3 is 0 Å². The highest BCUT2D eigenvalue weighted by atomic mass is 16.3. The first-order valence-corrected chi connectivity index (χ1v) is 7.50. The predicted molar refractivity (Wildman–Crippen MR) is 82.3 cm³/mol. The molecule has 1 fully saturated rings. The summed E-state index contributed by atoms with van der Waals surface area (Å²) >= 11 is 0. The van der Waals surface area contributed by atoms with Crippen molar-refractivity contribution in [2.24, 2.45) is 5.41 Å². The molecule has 0 spiro atoms. The maximum atomic E-state index is 9.87. The van der Waals surface area contributed by atoms with E-state index in [1.807, 2.05) is 18.3 Å². The molecule has 0 amide bonds. The molecule has 3 heteroatoms. The van der Waals surface area contributed by atoms with Crippen LogP contribution in [0.25, 0.3) is 0 Å². The molecule has 3 nitrogen and oxygen atoms in total. The molecule has 1 aliphatic rings. The van der Waals surface area contributed by atoms with Crippen LogP contribution in [0.4, 0.5) is 0 Å². The van der Waals surface area contributed by atoms with E-state index in [-0.39, 0.29) is 12.0 Å². The van der Waals surface area contributed by atoms with Gasteiger partial charge < -0.3 is 5.11 Å². The molecule has 2 heterocycles. The summed E-state index contributed by atoms with van der Waals surface area (Å²) < 4.78 is 0. The van der Waals surface area contributed by atoms with Gasteiger partial charge in [-0.3, -0.25) is 9.88 Å². The van der Waals surface area contributed by atoms with Gasteiger partial charge in [-0.1, -0.05) is 17.7 Å². The first-order chi connectivity index (χ1) is 9.63. The number of rotatable bonds is 5. The minimum absolute atomic E-state index is 0.0320. The minimum atomic E-state index is 0.0320. The van der Waals surface area contributed by atoms with Crippen molar-refractivity contribution >= 4 is 0 Å². The van der Waals surface area contributed by atoms with Crippen LogP contribution in [0.5, 0.6) is 0 Å². The highest BCUT2D eigenvalue weighted by Gasteiger charge is 2.34. The fraction of sp³-hybridized carbons (Fsp3) is 0.588. The Balaban J connectivity index is 2.01. The van der Waals surface area contributed by atoms with E-state index >= 15 is 0 Å². The first kappa shape index (κ1) is 15.2. The van der Waals surface area contributed by atoms with E-state index in [0.717, 1.165) is 44.6 Å². The van der Waals surface area contributed by atoms with Crippen molar-refractivity contribution in [3.8, 4) is 0 Å². The Bertz CT molecular complexity index is 440. The van der Waals surface area contributed by atoms with Gasteiger partial charge in [0, 0.05) is 24.7 Å². The van der Waals surface area contributed by atoms with E-state index in [1.165, 1.54) is 5.57 Å². The van der Waals surface area contributed by atoms with Crippen molar-refractivity contribution in [2.45, 2.75) is 39.7 Å². The molecule has 0 aromatic carbocycles. The molecule has 20 heavy (non-hydrogen) atoms. The number of piperidine rings is 1. The van der Waals surface area contributed by atoms with Crippen LogP contribution in [-0.4, -0.2) is 34.7 Å². The fourth-order valence-electron chi connectivity index (χ4n) is 2.95. The second-order valence-corrected chi connectivity index (χ2v) is 6.28. The van der Waals surface area contributed by atoms with Crippen molar-refractivity contribution in [1.29, 1.82) is 0 Å². The van der Waals surface area contributed by atoms with E-state index in [1.54, 1.807) is 0 Å². The molecule has 2 rings (SSSR count). The van der Waals surface area contributed by atoms with E-state index in [4.69, 9.17) is 0 Å². The summed E-state index contributed by atoms with van der Waals surface area (Å²) in [5.74, 6) is 0. The zero-order chi connectivity index (χ0) is 14.4. The molecule has 0 bridgehead atoms. The lowest BCUT2D eigenvalue weighted by Crippen LogP contribution is -2.44. The summed E-state index contributed by atoms with van der Waals surface area (Å²) in [6, 6.07) is 6.06. The van der Waals surface area contributed by atoms with Crippen LogP contribution in [0.1, 0.15) is 38.8 Å². The lowest BCUT2D eigenvalue weighted by Gasteiger charge is -2.41. The van der Waals surface area contributed by atoms with Gasteiger partial charge in [-0.25, -0.2) is 0 Å². The zero-order valence-corrected chi connectivity index (χ0v) is 12.7. The van der Waals surface area contributed by atoms with Gasteiger partial charge in [0.25, 0.3) is 0 Å². The number of nitrogens with zero attached hydrogens (tertiary/aromatic N) is 2. The summed E-state index contributed by atoms with van der Waals surface area (Å²) in [6.07, 6.45) is 7.36.